The molecule has 0 bridgehead atoms. The van der Waals surface area contributed by atoms with Crippen LogP contribution >= 0.6 is 0 Å². The summed E-state index contributed by atoms with van der Waals surface area (Å²) in [7, 11) is 0. The molecule has 1 aromatic rings. The summed E-state index contributed by atoms with van der Waals surface area (Å²) in [5, 5.41) is 0. The van der Waals surface area contributed by atoms with Gasteiger partial charge in [0.05, 0.1) is 0 Å². The molecule has 0 aliphatic carbocycles. The first-order chi connectivity index (χ1) is 4.47. The molecular formula is C6H5N3. The molecule has 0 spiro atoms. The number of nitrogens with zero attached hydrogens (tertiary/aromatic N) is 3. The van der Waals surface area contributed by atoms with E-state index in [0.29, 0.717) is 0 Å². The third kappa shape index (κ3) is 0.579. The largest absolute Gasteiger partial charge is 0.290 e. The maximum atomic E-state index is 3.97. The van der Waals surface area contributed by atoms with Crippen molar-refractivity contribution in [3.8, 4) is 0 Å². The Balaban J connectivity index is 2.35. The number of imidazole rings is 1. The van der Waals surface area contributed by atoms with Gasteiger partial charge in [-0.1, -0.05) is 0 Å². The fourth-order valence-electron chi connectivity index (χ4n) is 0.689. The van der Waals surface area contributed by atoms with E-state index >= 15 is 0 Å². The first-order valence-electron chi connectivity index (χ1n) is 2.69. The van der Waals surface area contributed by atoms with Crippen molar-refractivity contribution in [2.24, 2.45) is 4.99 Å². The van der Waals surface area contributed by atoms with Gasteiger partial charge in [-0.2, -0.15) is 0 Å². The normalized spacial score (nSPS) is 14.9. The number of aliphatic imine (C=N–C) groups is 1. The molecule has 0 unspecified atom stereocenters. The zero-order valence-corrected chi connectivity index (χ0v) is 4.73. The minimum Gasteiger partial charge on any atom is -0.290 e. The Labute approximate surface area is 52.4 Å². The lowest BCUT2D eigenvalue weighted by molar-refractivity contribution is 1.11. The Kier molecular flexibility index (Phi) is 0.773. The molecule has 0 aromatic carbocycles. The Hall–Kier alpha value is -1.38. The molecule has 0 radical (unpaired) electrons. The molecule has 0 atom stereocenters. The van der Waals surface area contributed by atoms with Crippen LogP contribution in [0.1, 0.15) is 0 Å². The minimum atomic E-state index is 0.951. The number of allylic oxidation sites excluding steroid dienone is 1. The monoisotopic (exact) mass is 119 g/mol. The highest BCUT2D eigenvalue weighted by Crippen LogP contribution is 1.98. The van der Waals surface area contributed by atoms with Gasteiger partial charge in [-0.15, -0.1) is 0 Å². The number of hydrogen-bond donors (Lipinski definition) is 0. The minimum absolute atomic E-state index is 0.951. The van der Waals surface area contributed by atoms with Gasteiger partial charge in [0.25, 0.3) is 0 Å². The van der Waals surface area contributed by atoms with E-state index in [9.17, 15) is 0 Å². The van der Waals surface area contributed by atoms with E-state index in [4.69, 9.17) is 0 Å². The molecule has 2 heterocycles. The molecule has 3 nitrogen and oxygen atoms in total. The lowest BCUT2D eigenvalue weighted by atomic mass is 10.4. The zero-order chi connectivity index (χ0) is 6.10. The number of aromatic nitrogens is 2. The lowest BCUT2D eigenvalue weighted by Crippen LogP contribution is -2.09. The number of hydrogen-bond acceptors (Lipinski definition) is 2. The van der Waals surface area contributed by atoms with E-state index in [2.05, 4.69) is 9.98 Å². The Morgan fingerprint density at radius 3 is 2.78 bits per heavy atom. The summed E-state index contributed by atoms with van der Waals surface area (Å²) < 4.78 is 1.86. The summed E-state index contributed by atoms with van der Waals surface area (Å²) >= 11 is 0. The van der Waals surface area contributed by atoms with Crippen molar-refractivity contribution in [1.29, 1.82) is 0 Å². The van der Waals surface area contributed by atoms with Gasteiger partial charge in [-0.25, -0.2) is 9.98 Å². The molecule has 0 amide bonds. The van der Waals surface area contributed by atoms with Gasteiger partial charge in [0, 0.05) is 18.6 Å². The van der Waals surface area contributed by atoms with E-state index in [-0.39, 0.29) is 0 Å². The van der Waals surface area contributed by atoms with Crippen LogP contribution in [-0.2, 0) is 0 Å². The maximum Gasteiger partial charge on any atom is 0.139 e. The van der Waals surface area contributed by atoms with Gasteiger partial charge in [0.2, 0.25) is 0 Å². The van der Waals surface area contributed by atoms with E-state index in [0.717, 1.165) is 5.84 Å². The zero-order valence-electron chi connectivity index (χ0n) is 4.73. The van der Waals surface area contributed by atoms with E-state index in [1.165, 1.54) is 0 Å². The quantitative estimate of drug-likeness (QED) is 0.493. The summed E-state index contributed by atoms with van der Waals surface area (Å²) in [6.45, 7) is 0. The smallest absolute Gasteiger partial charge is 0.139 e. The van der Waals surface area contributed by atoms with Gasteiger partial charge in [-0.05, 0) is 6.08 Å². The van der Waals surface area contributed by atoms with Crippen LogP contribution in [0.3, 0.4) is 0 Å². The Morgan fingerprint density at radius 1 is 1.44 bits per heavy atom. The summed E-state index contributed by atoms with van der Waals surface area (Å²) in [5.74, 6) is 0.951. The molecule has 0 saturated carbocycles. The summed E-state index contributed by atoms with van der Waals surface area (Å²) in [4.78, 5) is 7.84. The highest BCUT2D eigenvalue weighted by Gasteiger charge is 1.99. The van der Waals surface area contributed by atoms with Crippen molar-refractivity contribution in [3.05, 3.63) is 31.0 Å². The predicted octanol–water partition coefficient (Wildman–Crippen LogP) is 0.657. The van der Waals surface area contributed by atoms with Crippen molar-refractivity contribution in [3.63, 3.8) is 0 Å². The second-order valence-electron chi connectivity index (χ2n) is 1.77. The fraction of sp³-hybridized carbons (Fsp3) is 0. The van der Waals surface area contributed by atoms with E-state index in [1.807, 2.05) is 16.8 Å². The highest BCUT2D eigenvalue weighted by molar-refractivity contribution is 5.98. The van der Waals surface area contributed by atoms with Crippen LogP contribution in [0, 0.1) is 0 Å². The average molecular weight is 119 g/mol. The van der Waals surface area contributed by atoms with Gasteiger partial charge >= 0.3 is 0 Å². The lowest BCUT2D eigenvalue weighted by Gasteiger charge is -2.03. The molecule has 1 aliphatic heterocycles. The van der Waals surface area contributed by atoms with Crippen LogP contribution < -0.4 is 0 Å². The van der Waals surface area contributed by atoms with Crippen molar-refractivity contribution < 1.29 is 0 Å². The first-order valence-corrected chi connectivity index (χ1v) is 2.69. The second kappa shape index (κ2) is 1.55. The molecule has 1 aliphatic rings. The fourth-order valence-corrected chi connectivity index (χ4v) is 0.689. The second-order valence-corrected chi connectivity index (χ2v) is 1.77. The van der Waals surface area contributed by atoms with Gasteiger partial charge in [-0.3, -0.25) is 4.57 Å². The van der Waals surface area contributed by atoms with E-state index < -0.39 is 0 Å². The van der Waals surface area contributed by atoms with Crippen LogP contribution in [0.5, 0.6) is 0 Å². The van der Waals surface area contributed by atoms with Crippen molar-refractivity contribution >= 4 is 5.84 Å². The average Bonchev–Trinajstić information content (AvgIpc) is 2.11. The van der Waals surface area contributed by atoms with E-state index in [1.54, 1.807) is 18.7 Å². The summed E-state index contributed by atoms with van der Waals surface area (Å²) in [6, 6.07) is 0. The van der Waals surface area contributed by atoms with Gasteiger partial charge in [0.15, 0.2) is 0 Å². The van der Waals surface area contributed by atoms with Gasteiger partial charge < -0.3 is 0 Å². The SMILES string of the molecule is C1=CC(n2ccnc2)=N1. The van der Waals surface area contributed by atoms with Crippen molar-refractivity contribution in [2.45, 2.75) is 0 Å². The van der Waals surface area contributed by atoms with Crippen LogP contribution in [0.15, 0.2) is 36.0 Å². The molecular weight excluding hydrogens is 114 g/mol. The molecule has 0 saturated heterocycles. The topological polar surface area (TPSA) is 30.2 Å². The standard InChI is InChI=1S/C6H5N3/c1-2-8-6(1)9-4-3-7-5-9/h1-5H. The van der Waals surface area contributed by atoms with Crippen molar-refractivity contribution in [2.75, 3.05) is 0 Å². The third-order valence-corrected chi connectivity index (χ3v) is 1.20. The summed E-state index contributed by atoms with van der Waals surface area (Å²) in [5.41, 5.74) is 0. The van der Waals surface area contributed by atoms with Crippen LogP contribution in [0.2, 0.25) is 0 Å². The maximum absolute atomic E-state index is 3.97. The molecule has 3 heteroatoms. The molecule has 9 heavy (non-hydrogen) atoms. The first kappa shape index (κ1) is 4.49. The molecule has 44 valence electrons. The molecule has 1 aromatic heterocycles. The van der Waals surface area contributed by atoms with Crippen LogP contribution in [0.25, 0.3) is 0 Å². The molecule has 0 N–H and O–H groups in total. The van der Waals surface area contributed by atoms with Gasteiger partial charge in [0.1, 0.15) is 12.2 Å². The Morgan fingerprint density at radius 2 is 2.33 bits per heavy atom. The van der Waals surface area contributed by atoms with Crippen LogP contribution in [0.4, 0.5) is 0 Å². The summed E-state index contributed by atoms with van der Waals surface area (Å²) in [6.07, 6.45) is 9.01. The van der Waals surface area contributed by atoms with Crippen molar-refractivity contribution in [1.82, 2.24) is 9.55 Å². The highest BCUT2D eigenvalue weighted by atomic mass is 15.1. The Bertz CT molecular complexity index is 256. The predicted molar refractivity (Wildman–Crippen MR) is 34.2 cm³/mol. The third-order valence-electron chi connectivity index (χ3n) is 1.20. The molecule has 0 fully saturated rings. The van der Waals surface area contributed by atoms with Crippen LogP contribution in [-0.4, -0.2) is 15.4 Å². The number of rotatable bonds is 0. The molecule has 2 rings (SSSR count).